The lowest BCUT2D eigenvalue weighted by molar-refractivity contribution is -0.137. The number of rotatable bonds is 8. The molecule has 1 aliphatic heterocycles. The third-order valence-electron chi connectivity index (χ3n) is 4.18. The van der Waals surface area contributed by atoms with Gasteiger partial charge in [-0.1, -0.05) is 65.9 Å². The first-order chi connectivity index (χ1) is 13.9. The van der Waals surface area contributed by atoms with E-state index >= 15 is 0 Å². The van der Waals surface area contributed by atoms with Crippen molar-refractivity contribution in [3.63, 3.8) is 0 Å². The number of carboxylic acid groups (broad SMARTS) is 1. The molecule has 0 atom stereocenters. The van der Waals surface area contributed by atoms with Gasteiger partial charge in [0.15, 0.2) is 0 Å². The first kappa shape index (κ1) is 21.4. The standard InChI is InChI=1S/C21H18ClNO4S2/c22-17-5-2-1-4-15(17)13-27-16-9-7-14(8-10-16)12-18-20(26)23(21(28)29-18)11-3-6-19(24)25/h1-2,4-5,7-10,12H,3,6,11,13H2,(H,24,25)/b18-12-. The maximum Gasteiger partial charge on any atom is 0.303 e. The number of nitrogens with zero attached hydrogens (tertiary/aromatic N) is 1. The second kappa shape index (κ2) is 9.91. The van der Waals surface area contributed by atoms with E-state index in [2.05, 4.69) is 0 Å². The van der Waals surface area contributed by atoms with Gasteiger partial charge in [0.05, 0.1) is 4.91 Å². The van der Waals surface area contributed by atoms with E-state index in [0.29, 0.717) is 39.6 Å². The van der Waals surface area contributed by atoms with E-state index in [4.69, 9.17) is 33.7 Å². The van der Waals surface area contributed by atoms with Crippen LogP contribution in [-0.2, 0) is 16.2 Å². The molecule has 0 bridgehead atoms. The largest absolute Gasteiger partial charge is 0.489 e. The first-order valence-corrected chi connectivity index (χ1v) is 10.5. The van der Waals surface area contributed by atoms with Crippen LogP contribution in [0.4, 0.5) is 0 Å². The molecule has 0 aromatic heterocycles. The molecule has 0 radical (unpaired) electrons. The fraction of sp³-hybridized carbons (Fsp3) is 0.190. The summed E-state index contributed by atoms with van der Waals surface area (Å²) in [5.74, 6) is -0.379. The van der Waals surface area contributed by atoms with Gasteiger partial charge in [-0.05, 0) is 36.3 Å². The molecule has 0 saturated carbocycles. The summed E-state index contributed by atoms with van der Waals surface area (Å²) < 4.78 is 6.21. The number of benzene rings is 2. The Morgan fingerprint density at radius 1 is 1.21 bits per heavy atom. The summed E-state index contributed by atoms with van der Waals surface area (Å²) in [6.45, 7) is 0.678. The maximum absolute atomic E-state index is 12.5. The number of halogens is 1. The Bertz CT molecular complexity index is 959. The zero-order valence-corrected chi connectivity index (χ0v) is 17.7. The van der Waals surface area contributed by atoms with Gasteiger partial charge in [-0.15, -0.1) is 0 Å². The molecule has 2 aromatic carbocycles. The van der Waals surface area contributed by atoms with Crippen molar-refractivity contribution < 1.29 is 19.4 Å². The summed E-state index contributed by atoms with van der Waals surface area (Å²) in [4.78, 5) is 25.1. The third-order valence-corrected chi connectivity index (χ3v) is 5.92. The quantitative estimate of drug-likeness (QED) is 0.454. The van der Waals surface area contributed by atoms with E-state index in [-0.39, 0.29) is 12.3 Å². The van der Waals surface area contributed by atoms with Gasteiger partial charge < -0.3 is 9.84 Å². The summed E-state index contributed by atoms with van der Waals surface area (Å²) in [5.41, 5.74) is 1.76. The number of thioether (sulfide) groups is 1. The van der Waals surface area contributed by atoms with Crippen molar-refractivity contribution in [1.29, 1.82) is 0 Å². The van der Waals surface area contributed by atoms with Gasteiger partial charge in [0.25, 0.3) is 5.91 Å². The number of ether oxygens (including phenoxy) is 1. The zero-order valence-electron chi connectivity index (χ0n) is 15.3. The minimum Gasteiger partial charge on any atom is -0.489 e. The average molecular weight is 448 g/mol. The minimum absolute atomic E-state index is 0.00572. The first-order valence-electron chi connectivity index (χ1n) is 8.87. The highest BCUT2D eigenvalue weighted by molar-refractivity contribution is 8.26. The van der Waals surface area contributed by atoms with E-state index in [1.807, 2.05) is 48.5 Å². The number of carbonyl (C=O) groups is 2. The van der Waals surface area contributed by atoms with Crippen LogP contribution in [0.3, 0.4) is 0 Å². The molecule has 1 aliphatic rings. The lowest BCUT2D eigenvalue weighted by Crippen LogP contribution is -2.29. The molecule has 1 heterocycles. The Balaban J connectivity index is 1.60. The van der Waals surface area contributed by atoms with Crippen molar-refractivity contribution in [1.82, 2.24) is 4.90 Å². The van der Waals surface area contributed by atoms with Crippen LogP contribution >= 0.6 is 35.6 Å². The normalized spacial score (nSPS) is 15.2. The van der Waals surface area contributed by atoms with E-state index in [9.17, 15) is 9.59 Å². The Kier molecular flexibility index (Phi) is 7.30. The second-order valence-corrected chi connectivity index (χ2v) is 8.36. The molecular formula is C21H18ClNO4S2. The Hall–Kier alpha value is -2.35. The summed E-state index contributed by atoms with van der Waals surface area (Å²) in [6, 6.07) is 14.9. The van der Waals surface area contributed by atoms with Crippen LogP contribution in [0.2, 0.25) is 5.02 Å². The van der Waals surface area contributed by atoms with Crippen LogP contribution in [-0.4, -0.2) is 32.7 Å². The monoisotopic (exact) mass is 447 g/mol. The number of hydrogen-bond donors (Lipinski definition) is 1. The molecule has 1 amide bonds. The van der Waals surface area contributed by atoms with Gasteiger partial charge in [-0.2, -0.15) is 0 Å². The van der Waals surface area contributed by atoms with Gasteiger partial charge in [-0.25, -0.2) is 0 Å². The van der Waals surface area contributed by atoms with Gasteiger partial charge in [0.1, 0.15) is 16.7 Å². The van der Waals surface area contributed by atoms with Crippen molar-refractivity contribution in [2.75, 3.05) is 6.54 Å². The van der Waals surface area contributed by atoms with Crippen molar-refractivity contribution in [3.05, 3.63) is 69.6 Å². The molecule has 150 valence electrons. The van der Waals surface area contributed by atoms with Gasteiger partial charge >= 0.3 is 5.97 Å². The van der Waals surface area contributed by atoms with Crippen molar-refractivity contribution in [3.8, 4) is 5.75 Å². The molecule has 2 aromatic rings. The van der Waals surface area contributed by atoms with Crippen LogP contribution < -0.4 is 4.74 Å². The predicted molar refractivity (Wildman–Crippen MR) is 119 cm³/mol. The molecule has 29 heavy (non-hydrogen) atoms. The van der Waals surface area contributed by atoms with Gasteiger partial charge in [0.2, 0.25) is 0 Å². The molecule has 0 spiro atoms. The van der Waals surface area contributed by atoms with E-state index in [1.54, 1.807) is 6.08 Å². The van der Waals surface area contributed by atoms with Gasteiger partial charge in [-0.3, -0.25) is 14.5 Å². The summed E-state index contributed by atoms with van der Waals surface area (Å²) in [7, 11) is 0. The van der Waals surface area contributed by atoms with E-state index in [1.165, 1.54) is 16.7 Å². The fourth-order valence-corrected chi connectivity index (χ4v) is 4.17. The van der Waals surface area contributed by atoms with E-state index in [0.717, 1.165) is 11.1 Å². The number of aliphatic carboxylic acids is 1. The smallest absolute Gasteiger partial charge is 0.303 e. The van der Waals surface area contributed by atoms with E-state index < -0.39 is 5.97 Å². The van der Waals surface area contributed by atoms with Crippen molar-refractivity contribution in [2.24, 2.45) is 0 Å². The Morgan fingerprint density at radius 3 is 2.62 bits per heavy atom. The molecular weight excluding hydrogens is 430 g/mol. The van der Waals surface area contributed by atoms with Gasteiger partial charge in [0, 0.05) is 23.6 Å². The predicted octanol–water partition coefficient (Wildman–Crippen LogP) is 4.99. The Labute approximate surface area is 183 Å². The number of hydrogen-bond acceptors (Lipinski definition) is 5. The highest BCUT2D eigenvalue weighted by Crippen LogP contribution is 2.33. The SMILES string of the molecule is O=C(O)CCCN1C(=O)/C(=C/c2ccc(OCc3ccccc3Cl)cc2)SC1=S. The number of amides is 1. The van der Waals surface area contributed by atoms with Crippen LogP contribution in [0.15, 0.2) is 53.4 Å². The van der Waals surface area contributed by atoms with Crippen LogP contribution in [0.5, 0.6) is 5.75 Å². The van der Waals surface area contributed by atoms with Crippen LogP contribution in [0.25, 0.3) is 6.08 Å². The number of carboxylic acids is 1. The van der Waals surface area contributed by atoms with Crippen molar-refractivity contribution >= 4 is 57.9 Å². The maximum atomic E-state index is 12.5. The molecule has 1 N–H and O–H groups in total. The molecule has 1 saturated heterocycles. The Morgan fingerprint density at radius 2 is 1.93 bits per heavy atom. The minimum atomic E-state index is -0.886. The summed E-state index contributed by atoms with van der Waals surface area (Å²) in [5, 5.41) is 9.40. The molecule has 3 rings (SSSR count). The number of carbonyl (C=O) groups excluding carboxylic acids is 1. The average Bonchev–Trinajstić information content (AvgIpc) is 2.95. The molecule has 0 unspecified atom stereocenters. The van der Waals surface area contributed by atoms with Crippen LogP contribution in [0, 0.1) is 0 Å². The molecule has 1 fully saturated rings. The third kappa shape index (κ3) is 5.82. The summed E-state index contributed by atoms with van der Waals surface area (Å²) in [6.07, 6.45) is 2.15. The lowest BCUT2D eigenvalue weighted by Gasteiger charge is -2.13. The number of thiocarbonyl (C=S) groups is 1. The zero-order chi connectivity index (χ0) is 20.8. The molecule has 5 nitrogen and oxygen atoms in total. The highest BCUT2D eigenvalue weighted by Gasteiger charge is 2.31. The highest BCUT2D eigenvalue weighted by atomic mass is 35.5. The second-order valence-electron chi connectivity index (χ2n) is 6.28. The van der Waals surface area contributed by atoms with Crippen LogP contribution in [0.1, 0.15) is 24.0 Å². The van der Waals surface area contributed by atoms with Crippen molar-refractivity contribution in [2.45, 2.75) is 19.4 Å². The fourth-order valence-electron chi connectivity index (χ4n) is 2.67. The molecule has 0 aliphatic carbocycles. The molecule has 8 heteroatoms. The lowest BCUT2D eigenvalue weighted by atomic mass is 10.2. The topological polar surface area (TPSA) is 66.8 Å². The summed E-state index contributed by atoms with van der Waals surface area (Å²) >= 11 is 12.6.